The van der Waals surface area contributed by atoms with E-state index in [1.807, 2.05) is 12.1 Å². The Bertz CT molecular complexity index is 578. The average Bonchev–Trinajstić information content (AvgIpc) is 2.51. The molecule has 1 unspecified atom stereocenters. The van der Waals surface area contributed by atoms with Gasteiger partial charge in [-0.15, -0.1) is 0 Å². The lowest BCUT2D eigenvalue weighted by Crippen LogP contribution is -2.11. The van der Waals surface area contributed by atoms with Crippen molar-refractivity contribution in [2.45, 2.75) is 19.3 Å². The molecule has 0 bridgehead atoms. The first kappa shape index (κ1) is 14.1. The van der Waals surface area contributed by atoms with Crippen LogP contribution in [0, 0.1) is 11.3 Å². The molecule has 2 rings (SSSR count). The highest BCUT2D eigenvalue weighted by Gasteiger charge is 2.07. The number of nitrogens with two attached hydrogens (primary N) is 1. The molecule has 2 N–H and O–H groups in total. The van der Waals surface area contributed by atoms with E-state index < -0.39 is 0 Å². The molecule has 2 aromatic rings. The molecular formula is C17H18N2O. The van der Waals surface area contributed by atoms with Crippen molar-refractivity contribution in [1.82, 2.24) is 0 Å². The monoisotopic (exact) mass is 266 g/mol. The van der Waals surface area contributed by atoms with Crippen molar-refractivity contribution >= 4 is 0 Å². The van der Waals surface area contributed by atoms with Crippen LogP contribution in [0.5, 0.6) is 11.5 Å². The largest absolute Gasteiger partial charge is 0.457 e. The van der Waals surface area contributed by atoms with Gasteiger partial charge in [0.05, 0.1) is 11.6 Å². The van der Waals surface area contributed by atoms with Gasteiger partial charge in [-0.25, -0.2) is 0 Å². The minimum atomic E-state index is 0.402. The second-order valence-corrected chi connectivity index (χ2v) is 4.65. The van der Waals surface area contributed by atoms with Crippen molar-refractivity contribution in [2.24, 2.45) is 5.73 Å². The van der Waals surface area contributed by atoms with Crippen molar-refractivity contribution in [3.05, 3.63) is 59.7 Å². The molecule has 0 radical (unpaired) electrons. The minimum absolute atomic E-state index is 0.402. The van der Waals surface area contributed by atoms with Crippen molar-refractivity contribution in [1.29, 1.82) is 5.26 Å². The molecule has 0 aromatic heterocycles. The predicted octanol–water partition coefficient (Wildman–Crippen LogP) is 3.80. The molecule has 0 saturated heterocycles. The number of rotatable bonds is 5. The van der Waals surface area contributed by atoms with Gasteiger partial charge in [0.15, 0.2) is 0 Å². The van der Waals surface area contributed by atoms with Crippen LogP contribution in [0.15, 0.2) is 48.5 Å². The van der Waals surface area contributed by atoms with Crippen molar-refractivity contribution in [3.8, 4) is 17.6 Å². The van der Waals surface area contributed by atoms with Crippen molar-refractivity contribution in [2.75, 3.05) is 6.54 Å². The van der Waals surface area contributed by atoms with Crippen LogP contribution >= 0.6 is 0 Å². The lowest BCUT2D eigenvalue weighted by atomic mass is 9.97. The molecule has 0 aliphatic rings. The Morgan fingerprint density at radius 3 is 2.05 bits per heavy atom. The molecule has 3 nitrogen and oxygen atoms in total. The van der Waals surface area contributed by atoms with Gasteiger partial charge in [-0.05, 0) is 60.8 Å². The fourth-order valence-electron chi connectivity index (χ4n) is 2.08. The Hall–Kier alpha value is -2.31. The van der Waals surface area contributed by atoms with E-state index in [0.717, 1.165) is 17.9 Å². The third-order valence-corrected chi connectivity index (χ3v) is 3.35. The molecule has 0 aliphatic heterocycles. The molecule has 1 atom stereocenters. The van der Waals surface area contributed by atoms with Gasteiger partial charge < -0.3 is 10.5 Å². The summed E-state index contributed by atoms with van der Waals surface area (Å²) in [6.45, 7) is 2.80. The molecule has 20 heavy (non-hydrogen) atoms. The Morgan fingerprint density at radius 2 is 1.60 bits per heavy atom. The molecule has 0 amide bonds. The summed E-state index contributed by atoms with van der Waals surface area (Å²) in [6.07, 6.45) is 1.03. The summed E-state index contributed by atoms with van der Waals surface area (Å²) in [5.74, 6) is 1.91. The quantitative estimate of drug-likeness (QED) is 0.895. The summed E-state index contributed by atoms with van der Waals surface area (Å²) in [6, 6.07) is 17.2. The van der Waals surface area contributed by atoms with Crippen molar-refractivity contribution < 1.29 is 4.74 Å². The predicted molar refractivity (Wildman–Crippen MR) is 79.8 cm³/mol. The Morgan fingerprint density at radius 1 is 1.05 bits per heavy atom. The average molecular weight is 266 g/mol. The van der Waals surface area contributed by atoms with Crippen LogP contribution in [-0.4, -0.2) is 6.54 Å². The molecule has 0 aliphatic carbocycles. The number of hydrogen-bond donors (Lipinski definition) is 1. The first-order valence-electron chi connectivity index (χ1n) is 6.75. The SMILES string of the molecule is CCC(CN)c1ccc(Oc2ccc(C#N)cc2)cc1. The maximum atomic E-state index is 8.75. The minimum Gasteiger partial charge on any atom is -0.457 e. The van der Waals surface area contributed by atoms with Crippen LogP contribution in [-0.2, 0) is 0 Å². The van der Waals surface area contributed by atoms with E-state index in [-0.39, 0.29) is 0 Å². The van der Waals surface area contributed by atoms with Gasteiger partial charge >= 0.3 is 0 Å². The lowest BCUT2D eigenvalue weighted by molar-refractivity contribution is 0.482. The highest BCUT2D eigenvalue weighted by atomic mass is 16.5. The lowest BCUT2D eigenvalue weighted by Gasteiger charge is -2.13. The van der Waals surface area contributed by atoms with Gasteiger partial charge in [0.1, 0.15) is 11.5 Å². The van der Waals surface area contributed by atoms with E-state index in [4.69, 9.17) is 15.7 Å². The zero-order valence-corrected chi connectivity index (χ0v) is 11.5. The summed E-state index contributed by atoms with van der Waals surface area (Å²) in [5.41, 5.74) is 7.61. The normalized spacial score (nSPS) is 11.7. The molecular weight excluding hydrogens is 248 g/mol. The van der Waals surface area contributed by atoms with E-state index in [0.29, 0.717) is 18.0 Å². The Kier molecular flexibility index (Phi) is 4.75. The zero-order valence-electron chi connectivity index (χ0n) is 11.5. The third-order valence-electron chi connectivity index (χ3n) is 3.35. The number of nitrogens with zero attached hydrogens (tertiary/aromatic N) is 1. The maximum Gasteiger partial charge on any atom is 0.127 e. The standard InChI is InChI=1S/C17H18N2O/c1-2-14(12-19)15-5-9-17(10-6-15)20-16-7-3-13(11-18)4-8-16/h3-10,14H,2,12,19H2,1H3. The highest BCUT2D eigenvalue weighted by molar-refractivity contribution is 5.38. The van der Waals surface area contributed by atoms with Crippen LogP contribution in [0.4, 0.5) is 0 Å². The Balaban J connectivity index is 2.08. The number of nitriles is 1. The van der Waals surface area contributed by atoms with Crippen LogP contribution in [0.2, 0.25) is 0 Å². The second-order valence-electron chi connectivity index (χ2n) is 4.65. The van der Waals surface area contributed by atoms with Gasteiger partial charge in [-0.2, -0.15) is 5.26 Å². The summed E-state index contributed by atoms with van der Waals surface area (Å²) in [4.78, 5) is 0. The topological polar surface area (TPSA) is 59.0 Å². The smallest absolute Gasteiger partial charge is 0.127 e. The van der Waals surface area contributed by atoms with Gasteiger partial charge in [-0.1, -0.05) is 19.1 Å². The summed E-state index contributed by atoms with van der Waals surface area (Å²) in [7, 11) is 0. The van der Waals surface area contributed by atoms with E-state index in [1.165, 1.54) is 5.56 Å². The molecule has 0 heterocycles. The van der Waals surface area contributed by atoms with E-state index in [9.17, 15) is 0 Å². The highest BCUT2D eigenvalue weighted by Crippen LogP contribution is 2.25. The Labute approximate surface area is 119 Å². The van der Waals surface area contributed by atoms with Crippen LogP contribution < -0.4 is 10.5 Å². The molecule has 0 spiro atoms. The zero-order chi connectivity index (χ0) is 14.4. The summed E-state index contributed by atoms with van der Waals surface area (Å²) >= 11 is 0. The van der Waals surface area contributed by atoms with E-state index in [1.54, 1.807) is 24.3 Å². The number of benzene rings is 2. The van der Waals surface area contributed by atoms with Gasteiger partial charge in [-0.3, -0.25) is 0 Å². The number of hydrogen-bond acceptors (Lipinski definition) is 3. The molecule has 102 valence electrons. The van der Waals surface area contributed by atoms with Crippen LogP contribution in [0.25, 0.3) is 0 Å². The van der Waals surface area contributed by atoms with Crippen molar-refractivity contribution in [3.63, 3.8) is 0 Å². The van der Waals surface area contributed by atoms with Gasteiger partial charge in [0.25, 0.3) is 0 Å². The fourth-order valence-corrected chi connectivity index (χ4v) is 2.08. The second kappa shape index (κ2) is 6.74. The van der Waals surface area contributed by atoms with Gasteiger partial charge in [0, 0.05) is 0 Å². The first-order valence-corrected chi connectivity index (χ1v) is 6.75. The molecule has 2 aromatic carbocycles. The third kappa shape index (κ3) is 3.37. The van der Waals surface area contributed by atoms with Crippen LogP contribution in [0.3, 0.4) is 0 Å². The van der Waals surface area contributed by atoms with Gasteiger partial charge in [0.2, 0.25) is 0 Å². The summed E-state index contributed by atoms with van der Waals surface area (Å²) < 4.78 is 5.74. The van der Waals surface area contributed by atoms with E-state index in [2.05, 4.69) is 25.1 Å². The maximum absolute atomic E-state index is 8.75. The van der Waals surface area contributed by atoms with Crippen LogP contribution in [0.1, 0.15) is 30.4 Å². The fraction of sp³-hybridized carbons (Fsp3) is 0.235. The number of ether oxygens (including phenoxy) is 1. The molecule has 3 heteroatoms. The van der Waals surface area contributed by atoms with E-state index >= 15 is 0 Å². The molecule has 0 saturated carbocycles. The molecule has 0 fully saturated rings. The summed E-state index contributed by atoms with van der Waals surface area (Å²) in [5, 5.41) is 8.75. The first-order chi connectivity index (χ1) is 9.76.